The second-order valence-electron chi connectivity index (χ2n) is 6.39. The number of anilines is 1. The summed E-state index contributed by atoms with van der Waals surface area (Å²) in [6, 6.07) is 13.8. The maximum atomic E-state index is 12.4. The number of amides is 2. The molecule has 0 unspecified atom stereocenters. The first-order valence-corrected chi connectivity index (χ1v) is 8.76. The van der Waals surface area contributed by atoms with E-state index in [2.05, 4.69) is 5.32 Å². The number of hydrogen-bond donors (Lipinski definition) is 1. The number of nitrogens with zero attached hydrogens (tertiary/aromatic N) is 1. The molecule has 0 saturated carbocycles. The van der Waals surface area contributed by atoms with Gasteiger partial charge in [0.05, 0.1) is 19.2 Å². The highest BCUT2D eigenvalue weighted by atomic mass is 16.5. The summed E-state index contributed by atoms with van der Waals surface area (Å²) < 4.78 is 10.3. The molecule has 0 heterocycles. The SMILES string of the molecule is COc1cccc(C(=O)O[C@H](C)C(=O)N(C)CC(=O)Nc2ccc(C)cc2)c1. The van der Waals surface area contributed by atoms with E-state index >= 15 is 0 Å². The fourth-order valence-electron chi connectivity index (χ4n) is 2.47. The van der Waals surface area contributed by atoms with E-state index in [1.807, 2.05) is 19.1 Å². The van der Waals surface area contributed by atoms with Crippen molar-refractivity contribution in [1.82, 2.24) is 4.90 Å². The smallest absolute Gasteiger partial charge is 0.339 e. The summed E-state index contributed by atoms with van der Waals surface area (Å²) >= 11 is 0. The van der Waals surface area contributed by atoms with Crippen LogP contribution in [0.4, 0.5) is 5.69 Å². The number of hydrogen-bond acceptors (Lipinski definition) is 5. The van der Waals surface area contributed by atoms with Crippen molar-refractivity contribution >= 4 is 23.5 Å². The van der Waals surface area contributed by atoms with Crippen LogP contribution in [0, 0.1) is 6.92 Å². The molecule has 0 saturated heterocycles. The van der Waals surface area contributed by atoms with Crippen molar-refractivity contribution in [2.75, 3.05) is 26.0 Å². The Morgan fingerprint density at radius 3 is 2.43 bits per heavy atom. The first kappa shape index (κ1) is 21.0. The number of methoxy groups -OCH3 is 1. The van der Waals surface area contributed by atoms with Gasteiger partial charge in [-0.1, -0.05) is 23.8 Å². The van der Waals surface area contributed by atoms with Gasteiger partial charge in [-0.15, -0.1) is 0 Å². The second kappa shape index (κ2) is 9.55. The van der Waals surface area contributed by atoms with Crippen LogP contribution in [0.25, 0.3) is 0 Å². The molecule has 7 heteroatoms. The molecular formula is C21H24N2O5. The van der Waals surface area contributed by atoms with Gasteiger partial charge in [0, 0.05) is 12.7 Å². The zero-order valence-corrected chi connectivity index (χ0v) is 16.4. The minimum Gasteiger partial charge on any atom is -0.497 e. The van der Waals surface area contributed by atoms with E-state index < -0.39 is 18.0 Å². The molecule has 7 nitrogen and oxygen atoms in total. The summed E-state index contributed by atoms with van der Waals surface area (Å²) in [6.45, 7) is 3.26. The van der Waals surface area contributed by atoms with Crippen molar-refractivity contribution in [1.29, 1.82) is 0 Å². The van der Waals surface area contributed by atoms with Crippen molar-refractivity contribution < 1.29 is 23.9 Å². The predicted molar refractivity (Wildman–Crippen MR) is 105 cm³/mol. The Kier molecular flexibility index (Phi) is 7.14. The van der Waals surface area contributed by atoms with E-state index in [1.165, 1.54) is 32.0 Å². The van der Waals surface area contributed by atoms with Crippen molar-refractivity contribution in [3.8, 4) is 5.75 Å². The minimum absolute atomic E-state index is 0.159. The number of ether oxygens (including phenoxy) is 2. The lowest BCUT2D eigenvalue weighted by Crippen LogP contribution is -2.41. The molecule has 2 amide bonds. The van der Waals surface area contributed by atoms with Gasteiger partial charge < -0.3 is 19.7 Å². The van der Waals surface area contributed by atoms with Crippen LogP contribution in [0.3, 0.4) is 0 Å². The maximum absolute atomic E-state index is 12.4. The third-order valence-corrected chi connectivity index (χ3v) is 4.03. The molecule has 0 fully saturated rings. The van der Waals surface area contributed by atoms with Crippen molar-refractivity contribution in [2.24, 2.45) is 0 Å². The number of likely N-dealkylation sites (N-methyl/N-ethyl adjacent to an activating group) is 1. The monoisotopic (exact) mass is 384 g/mol. The summed E-state index contributed by atoms with van der Waals surface area (Å²) in [7, 11) is 2.97. The minimum atomic E-state index is -1.03. The van der Waals surface area contributed by atoms with Gasteiger partial charge in [0.1, 0.15) is 5.75 Å². The van der Waals surface area contributed by atoms with Crippen LogP contribution >= 0.6 is 0 Å². The standard InChI is InChI=1S/C21H24N2O5/c1-14-8-10-17(11-9-14)22-19(24)13-23(3)20(25)15(2)28-21(26)16-6-5-7-18(12-16)27-4/h5-12,15H,13H2,1-4H3,(H,22,24)/t15-/m1/s1. The number of carbonyl (C=O) groups is 3. The Hall–Kier alpha value is -3.35. The van der Waals surface area contributed by atoms with Crippen LogP contribution in [0.1, 0.15) is 22.8 Å². The van der Waals surface area contributed by atoms with E-state index in [1.54, 1.807) is 30.3 Å². The number of rotatable bonds is 7. The molecule has 1 atom stereocenters. The van der Waals surface area contributed by atoms with E-state index in [-0.39, 0.29) is 18.0 Å². The normalized spacial score (nSPS) is 11.3. The molecule has 2 aromatic rings. The molecule has 1 N–H and O–H groups in total. The zero-order chi connectivity index (χ0) is 20.7. The van der Waals surface area contributed by atoms with E-state index in [0.717, 1.165) is 5.56 Å². The van der Waals surface area contributed by atoms with Crippen molar-refractivity contribution in [3.05, 3.63) is 59.7 Å². The maximum Gasteiger partial charge on any atom is 0.339 e. The van der Waals surface area contributed by atoms with Gasteiger partial charge in [-0.05, 0) is 44.2 Å². The highest BCUT2D eigenvalue weighted by Crippen LogP contribution is 2.14. The first-order valence-electron chi connectivity index (χ1n) is 8.76. The first-order chi connectivity index (χ1) is 13.3. The summed E-state index contributed by atoms with van der Waals surface area (Å²) in [5.74, 6) is -0.947. The molecule has 0 aliphatic heterocycles. The van der Waals surface area contributed by atoms with E-state index in [9.17, 15) is 14.4 Å². The molecule has 0 bridgehead atoms. The molecule has 0 radical (unpaired) electrons. The topological polar surface area (TPSA) is 84.9 Å². The van der Waals surface area contributed by atoms with Gasteiger partial charge in [0.25, 0.3) is 5.91 Å². The highest BCUT2D eigenvalue weighted by molar-refractivity contribution is 5.96. The molecule has 0 aromatic heterocycles. The number of carbonyl (C=O) groups excluding carboxylic acids is 3. The molecule has 2 aromatic carbocycles. The average molecular weight is 384 g/mol. The fourth-order valence-corrected chi connectivity index (χ4v) is 2.47. The Bertz CT molecular complexity index is 848. The third kappa shape index (κ3) is 5.84. The average Bonchev–Trinajstić information content (AvgIpc) is 2.68. The molecule has 0 aliphatic carbocycles. The van der Waals surface area contributed by atoms with Crippen molar-refractivity contribution in [2.45, 2.75) is 20.0 Å². The van der Waals surface area contributed by atoms with Crippen molar-refractivity contribution in [3.63, 3.8) is 0 Å². The molecule has 0 spiro atoms. The van der Waals surface area contributed by atoms with Crippen LogP contribution in [0.2, 0.25) is 0 Å². The van der Waals surface area contributed by atoms with Crippen LogP contribution in [-0.4, -0.2) is 49.5 Å². The van der Waals surface area contributed by atoms with Crippen LogP contribution in [-0.2, 0) is 14.3 Å². The molecule has 148 valence electrons. The van der Waals surface area contributed by atoms with Gasteiger partial charge in [-0.3, -0.25) is 9.59 Å². The number of benzene rings is 2. The predicted octanol–water partition coefficient (Wildman–Crippen LogP) is 2.65. The lowest BCUT2D eigenvalue weighted by Gasteiger charge is -2.21. The Morgan fingerprint density at radius 2 is 1.79 bits per heavy atom. The fraction of sp³-hybridized carbons (Fsp3) is 0.286. The van der Waals surface area contributed by atoms with E-state index in [4.69, 9.17) is 9.47 Å². The van der Waals surface area contributed by atoms with Crippen LogP contribution < -0.4 is 10.1 Å². The van der Waals surface area contributed by atoms with Gasteiger partial charge in [0.15, 0.2) is 6.10 Å². The van der Waals surface area contributed by atoms with E-state index in [0.29, 0.717) is 11.4 Å². The zero-order valence-electron chi connectivity index (χ0n) is 16.4. The Balaban J connectivity index is 1.89. The lowest BCUT2D eigenvalue weighted by atomic mass is 10.2. The quantitative estimate of drug-likeness (QED) is 0.742. The molecule has 2 rings (SSSR count). The Morgan fingerprint density at radius 1 is 1.11 bits per heavy atom. The van der Waals surface area contributed by atoms with Crippen LogP contribution in [0.5, 0.6) is 5.75 Å². The third-order valence-electron chi connectivity index (χ3n) is 4.03. The number of nitrogens with one attached hydrogen (secondary N) is 1. The summed E-state index contributed by atoms with van der Waals surface area (Å²) in [4.78, 5) is 38.0. The molecule has 0 aliphatic rings. The summed E-state index contributed by atoms with van der Waals surface area (Å²) in [6.07, 6.45) is -1.03. The lowest BCUT2D eigenvalue weighted by molar-refractivity contribution is -0.140. The van der Waals surface area contributed by atoms with Gasteiger partial charge in [-0.25, -0.2) is 4.79 Å². The largest absolute Gasteiger partial charge is 0.497 e. The van der Waals surface area contributed by atoms with Gasteiger partial charge in [-0.2, -0.15) is 0 Å². The second-order valence-corrected chi connectivity index (χ2v) is 6.39. The molecular weight excluding hydrogens is 360 g/mol. The number of esters is 1. The van der Waals surface area contributed by atoms with Gasteiger partial charge >= 0.3 is 5.97 Å². The molecule has 28 heavy (non-hydrogen) atoms. The summed E-state index contributed by atoms with van der Waals surface area (Å²) in [5.41, 5.74) is 2.00. The Labute approximate surface area is 164 Å². The highest BCUT2D eigenvalue weighted by Gasteiger charge is 2.23. The van der Waals surface area contributed by atoms with Gasteiger partial charge in [0.2, 0.25) is 5.91 Å². The number of aryl methyl sites for hydroxylation is 1. The van der Waals surface area contributed by atoms with Crippen LogP contribution in [0.15, 0.2) is 48.5 Å². The summed E-state index contributed by atoms with van der Waals surface area (Å²) in [5, 5.41) is 2.72.